The van der Waals surface area contributed by atoms with Crippen molar-refractivity contribution in [1.29, 1.82) is 0 Å². The molecule has 0 aliphatic rings. The van der Waals surface area contributed by atoms with Gasteiger partial charge in [-0.2, -0.15) is 0 Å². The lowest BCUT2D eigenvalue weighted by Gasteiger charge is -2.18. The van der Waals surface area contributed by atoms with Gasteiger partial charge in [0.05, 0.1) is 0 Å². The molecule has 0 unspecified atom stereocenters. The van der Waals surface area contributed by atoms with Crippen LogP contribution in [0, 0.1) is 0 Å². The van der Waals surface area contributed by atoms with Crippen molar-refractivity contribution in [2.24, 2.45) is 0 Å². The van der Waals surface area contributed by atoms with Crippen molar-refractivity contribution in [2.75, 3.05) is 13.2 Å². The number of hydrogen-bond donors (Lipinski definition) is 0. The summed E-state index contributed by atoms with van der Waals surface area (Å²) in [6.45, 7) is 6.46. The molecule has 0 atom stereocenters. The Morgan fingerprint density at radius 2 is 0.766 bits per heavy atom. The van der Waals surface area contributed by atoms with Crippen molar-refractivity contribution < 1.29 is 28.6 Å². The van der Waals surface area contributed by atoms with Crippen molar-refractivity contribution in [3.05, 3.63) is 36.5 Å². The first-order chi connectivity index (χ1) is 23.0. The summed E-state index contributed by atoms with van der Waals surface area (Å²) in [5, 5.41) is 0. The third-order valence-electron chi connectivity index (χ3n) is 8.15. The molecule has 0 radical (unpaired) electrons. The number of esters is 3. The topological polar surface area (TPSA) is 78.9 Å². The molecular formula is C41H72O6. The van der Waals surface area contributed by atoms with Gasteiger partial charge in [-0.05, 0) is 57.8 Å². The predicted molar refractivity (Wildman–Crippen MR) is 196 cm³/mol. The summed E-state index contributed by atoms with van der Waals surface area (Å²) in [5.41, 5.74) is 0. The first-order valence-electron chi connectivity index (χ1n) is 19.5. The molecule has 47 heavy (non-hydrogen) atoms. The van der Waals surface area contributed by atoms with E-state index in [0.717, 1.165) is 64.2 Å². The smallest absolute Gasteiger partial charge is 0.306 e. The molecule has 0 fully saturated rings. The van der Waals surface area contributed by atoms with Gasteiger partial charge in [0.25, 0.3) is 0 Å². The highest BCUT2D eigenvalue weighted by molar-refractivity contribution is 5.71. The maximum Gasteiger partial charge on any atom is 0.306 e. The van der Waals surface area contributed by atoms with Crippen LogP contribution in [0.4, 0.5) is 0 Å². The summed E-state index contributed by atoms with van der Waals surface area (Å²) >= 11 is 0. The maximum absolute atomic E-state index is 12.6. The molecule has 0 amide bonds. The number of unbranched alkanes of at least 4 members (excludes halogenated alkanes) is 17. The second kappa shape index (κ2) is 36.5. The van der Waals surface area contributed by atoms with Gasteiger partial charge in [-0.3, -0.25) is 14.4 Å². The second-order valence-corrected chi connectivity index (χ2v) is 12.8. The van der Waals surface area contributed by atoms with Gasteiger partial charge in [-0.15, -0.1) is 0 Å². The van der Waals surface area contributed by atoms with Gasteiger partial charge in [-0.25, -0.2) is 0 Å². The van der Waals surface area contributed by atoms with Gasteiger partial charge < -0.3 is 14.2 Å². The summed E-state index contributed by atoms with van der Waals surface area (Å²) in [4.78, 5) is 37.2. The van der Waals surface area contributed by atoms with Crippen LogP contribution in [0.5, 0.6) is 0 Å². The second-order valence-electron chi connectivity index (χ2n) is 12.8. The van der Waals surface area contributed by atoms with Crippen LogP contribution < -0.4 is 0 Å². The van der Waals surface area contributed by atoms with Crippen LogP contribution in [-0.4, -0.2) is 37.2 Å². The molecule has 0 N–H and O–H groups in total. The highest BCUT2D eigenvalue weighted by Gasteiger charge is 2.19. The minimum Gasteiger partial charge on any atom is -0.462 e. The molecule has 272 valence electrons. The van der Waals surface area contributed by atoms with Gasteiger partial charge in [0.1, 0.15) is 13.2 Å². The first-order valence-corrected chi connectivity index (χ1v) is 19.5. The Balaban J connectivity index is 4.40. The molecule has 0 aromatic heterocycles. The summed E-state index contributed by atoms with van der Waals surface area (Å²) in [6.07, 6.45) is 38.6. The number of ether oxygens (including phenoxy) is 3. The Kier molecular flexibility index (Phi) is 34.6. The summed E-state index contributed by atoms with van der Waals surface area (Å²) < 4.78 is 16.5. The summed E-state index contributed by atoms with van der Waals surface area (Å²) in [7, 11) is 0. The zero-order valence-corrected chi connectivity index (χ0v) is 30.8. The zero-order valence-electron chi connectivity index (χ0n) is 30.8. The predicted octanol–water partition coefficient (Wildman–Crippen LogP) is 11.9. The third-order valence-corrected chi connectivity index (χ3v) is 8.15. The first kappa shape index (κ1) is 44.6. The van der Waals surface area contributed by atoms with E-state index in [9.17, 15) is 14.4 Å². The number of carbonyl (C=O) groups is 3. The van der Waals surface area contributed by atoms with Crippen LogP contribution in [0.3, 0.4) is 0 Å². The number of carbonyl (C=O) groups excluding carboxylic acids is 3. The Bertz CT molecular complexity index is 781. The Morgan fingerprint density at radius 1 is 0.426 bits per heavy atom. The van der Waals surface area contributed by atoms with Gasteiger partial charge in [0, 0.05) is 19.3 Å². The molecule has 0 aliphatic heterocycles. The van der Waals surface area contributed by atoms with Crippen LogP contribution in [-0.2, 0) is 28.6 Å². The average molecular weight is 661 g/mol. The number of rotatable bonds is 34. The largest absolute Gasteiger partial charge is 0.462 e. The quantitative estimate of drug-likeness (QED) is 0.0296. The lowest BCUT2D eigenvalue weighted by atomic mass is 10.1. The van der Waals surface area contributed by atoms with Crippen LogP contribution >= 0.6 is 0 Å². The summed E-state index contributed by atoms with van der Waals surface area (Å²) in [6, 6.07) is 0. The normalized spacial score (nSPS) is 11.7. The molecule has 0 aromatic carbocycles. The van der Waals surface area contributed by atoms with Gasteiger partial charge in [0.15, 0.2) is 6.10 Å². The molecule has 0 saturated carbocycles. The standard InChI is InChI=1S/C41H72O6/c1-4-7-10-13-16-17-18-19-20-21-22-23-26-29-32-35-41(44)47-38(36-45-39(42)33-30-27-24-14-11-8-5-2)37-46-40(43)34-31-28-25-15-12-9-6-3/h16-17,19-20,22-23,38H,4-15,18,21,24-37H2,1-3H3/b17-16-,20-19-,23-22-. The molecule has 0 aliphatic carbocycles. The zero-order chi connectivity index (χ0) is 34.5. The molecular weight excluding hydrogens is 588 g/mol. The van der Waals surface area contributed by atoms with E-state index < -0.39 is 6.10 Å². The van der Waals surface area contributed by atoms with Gasteiger partial charge in [-0.1, -0.05) is 147 Å². The molecule has 0 rings (SSSR count). The number of hydrogen-bond acceptors (Lipinski definition) is 6. The number of allylic oxidation sites excluding steroid dienone is 6. The van der Waals surface area contributed by atoms with Gasteiger partial charge >= 0.3 is 17.9 Å². The molecule has 6 nitrogen and oxygen atoms in total. The van der Waals surface area contributed by atoms with E-state index in [2.05, 4.69) is 57.2 Å². The van der Waals surface area contributed by atoms with Crippen molar-refractivity contribution in [3.63, 3.8) is 0 Å². The molecule has 0 aromatic rings. The van der Waals surface area contributed by atoms with E-state index in [1.807, 2.05) is 0 Å². The highest BCUT2D eigenvalue weighted by atomic mass is 16.6. The average Bonchev–Trinajstić information content (AvgIpc) is 3.06. The highest BCUT2D eigenvalue weighted by Crippen LogP contribution is 2.12. The Hall–Kier alpha value is -2.37. The molecule has 0 saturated heterocycles. The van der Waals surface area contributed by atoms with Gasteiger partial charge in [0.2, 0.25) is 0 Å². The minimum absolute atomic E-state index is 0.0866. The fraction of sp³-hybridized carbons (Fsp3) is 0.780. The molecule has 0 heterocycles. The third kappa shape index (κ3) is 34.8. The van der Waals surface area contributed by atoms with E-state index >= 15 is 0 Å². The van der Waals surface area contributed by atoms with E-state index in [0.29, 0.717) is 19.3 Å². The van der Waals surface area contributed by atoms with E-state index in [-0.39, 0.29) is 37.5 Å². The maximum atomic E-state index is 12.6. The monoisotopic (exact) mass is 661 g/mol. The Morgan fingerprint density at radius 3 is 1.23 bits per heavy atom. The van der Waals surface area contributed by atoms with E-state index in [1.54, 1.807) is 0 Å². The van der Waals surface area contributed by atoms with E-state index in [4.69, 9.17) is 14.2 Å². The van der Waals surface area contributed by atoms with Crippen molar-refractivity contribution >= 4 is 17.9 Å². The Labute approximate surface area is 289 Å². The van der Waals surface area contributed by atoms with Crippen molar-refractivity contribution in [2.45, 2.75) is 194 Å². The molecule has 0 spiro atoms. The minimum atomic E-state index is -0.781. The SMILES string of the molecule is CCCCC/C=C\C/C=C\C/C=C\CCCCC(=O)OC(COC(=O)CCCCCCCCC)COC(=O)CCCCCCCCC. The fourth-order valence-electron chi connectivity index (χ4n) is 5.15. The fourth-order valence-corrected chi connectivity index (χ4v) is 5.15. The molecule has 6 heteroatoms. The molecule has 0 bridgehead atoms. The van der Waals surface area contributed by atoms with Crippen molar-refractivity contribution in [1.82, 2.24) is 0 Å². The van der Waals surface area contributed by atoms with Crippen molar-refractivity contribution in [3.8, 4) is 0 Å². The lowest BCUT2D eigenvalue weighted by Crippen LogP contribution is -2.30. The summed E-state index contributed by atoms with van der Waals surface area (Å²) in [5.74, 6) is -0.944. The van der Waals surface area contributed by atoms with Crippen LogP contribution in [0.2, 0.25) is 0 Å². The van der Waals surface area contributed by atoms with Crippen LogP contribution in [0.15, 0.2) is 36.5 Å². The lowest BCUT2D eigenvalue weighted by molar-refractivity contribution is -0.167. The van der Waals surface area contributed by atoms with Crippen LogP contribution in [0.25, 0.3) is 0 Å². The van der Waals surface area contributed by atoms with E-state index in [1.165, 1.54) is 77.0 Å². The van der Waals surface area contributed by atoms with Crippen LogP contribution in [0.1, 0.15) is 188 Å².